The monoisotopic (exact) mass is 226 g/mol. The van der Waals surface area contributed by atoms with Gasteiger partial charge in [0, 0.05) is 6.61 Å². The molecule has 0 radical (unpaired) electrons. The fourth-order valence-corrected chi connectivity index (χ4v) is 4.46. The van der Waals surface area contributed by atoms with E-state index >= 15 is 0 Å². The Morgan fingerprint density at radius 3 is 2.44 bits per heavy atom. The molecule has 0 aromatic rings. The molecule has 0 unspecified atom stereocenters. The number of aliphatic hydroxyl groups is 2. The number of fused-ring (bicyclic) bond motifs is 1. The highest BCUT2D eigenvalue weighted by molar-refractivity contribution is 5.04. The Morgan fingerprint density at radius 2 is 1.81 bits per heavy atom. The molecule has 2 fully saturated rings. The molecule has 2 aliphatic carbocycles. The van der Waals surface area contributed by atoms with Crippen LogP contribution in [-0.2, 0) is 0 Å². The largest absolute Gasteiger partial charge is 0.396 e. The average molecular weight is 226 g/mol. The lowest BCUT2D eigenvalue weighted by molar-refractivity contribution is -0.142. The smallest absolute Gasteiger partial charge is 0.0594 e. The first kappa shape index (κ1) is 12.4. The maximum Gasteiger partial charge on any atom is 0.0594 e. The molecule has 0 heterocycles. The SMILES string of the molecule is CC1(C)[C@H](O)CC[C@@]2(C)[C@H](CO)CCC[C@H]12. The Labute approximate surface area is 99.1 Å². The molecule has 0 bridgehead atoms. The molecule has 2 N–H and O–H groups in total. The molecule has 2 saturated carbocycles. The summed E-state index contributed by atoms with van der Waals surface area (Å²) in [5.41, 5.74) is 0.260. The molecular weight excluding hydrogens is 200 g/mol. The van der Waals surface area contributed by atoms with Crippen LogP contribution in [0.3, 0.4) is 0 Å². The molecule has 16 heavy (non-hydrogen) atoms. The zero-order valence-electron chi connectivity index (χ0n) is 10.9. The highest BCUT2D eigenvalue weighted by Gasteiger charge is 2.54. The molecule has 0 aliphatic heterocycles. The van der Waals surface area contributed by atoms with Gasteiger partial charge in [-0.2, -0.15) is 0 Å². The van der Waals surface area contributed by atoms with Gasteiger partial charge in [0.25, 0.3) is 0 Å². The van der Waals surface area contributed by atoms with E-state index in [2.05, 4.69) is 20.8 Å². The fourth-order valence-electron chi connectivity index (χ4n) is 4.46. The van der Waals surface area contributed by atoms with Crippen LogP contribution in [0, 0.1) is 22.7 Å². The first-order chi connectivity index (χ1) is 7.43. The highest BCUT2D eigenvalue weighted by Crippen LogP contribution is 2.59. The lowest BCUT2D eigenvalue weighted by atomic mass is 9.48. The minimum absolute atomic E-state index is 0.0147. The zero-order chi connectivity index (χ0) is 12.0. The quantitative estimate of drug-likeness (QED) is 0.721. The summed E-state index contributed by atoms with van der Waals surface area (Å²) >= 11 is 0. The average Bonchev–Trinajstić information content (AvgIpc) is 2.24. The van der Waals surface area contributed by atoms with Crippen LogP contribution in [-0.4, -0.2) is 22.9 Å². The molecule has 2 rings (SSSR count). The standard InChI is InChI=1S/C14H26O2/c1-13(2)11-6-4-5-10(9-15)14(11,3)8-7-12(13)16/h10-12,15-16H,4-9H2,1-3H3/t10-,11+,12+,14-/m0/s1. The van der Waals surface area contributed by atoms with Crippen LogP contribution in [0.5, 0.6) is 0 Å². The van der Waals surface area contributed by atoms with Crippen molar-refractivity contribution in [1.82, 2.24) is 0 Å². The third kappa shape index (κ3) is 1.62. The van der Waals surface area contributed by atoms with Gasteiger partial charge in [-0.1, -0.05) is 27.2 Å². The molecule has 0 aromatic heterocycles. The number of aliphatic hydroxyl groups excluding tert-OH is 2. The van der Waals surface area contributed by atoms with Crippen LogP contribution in [0.2, 0.25) is 0 Å². The van der Waals surface area contributed by atoms with Crippen molar-refractivity contribution in [1.29, 1.82) is 0 Å². The molecule has 0 aromatic carbocycles. The number of rotatable bonds is 1. The lowest BCUT2D eigenvalue weighted by Gasteiger charge is -2.58. The van der Waals surface area contributed by atoms with Crippen molar-refractivity contribution >= 4 is 0 Å². The summed E-state index contributed by atoms with van der Waals surface area (Å²) in [5.74, 6) is 1.01. The molecule has 2 aliphatic rings. The fraction of sp³-hybridized carbons (Fsp3) is 1.00. The van der Waals surface area contributed by atoms with E-state index in [1.54, 1.807) is 0 Å². The van der Waals surface area contributed by atoms with E-state index in [-0.39, 0.29) is 16.9 Å². The van der Waals surface area contributed by atoms with Crippen molar-refractivity contribution in [2.24, 2.45) is 22.7 Å². The van der Waals surface area contributed by atoms with E-state index in [1.807, 2.05) is 0 Å². The lowest BCUT2D eigenvalue weighted by Crippen LogP contribution is -2.54. The summed E-state index contributed by atoms with van der Waals surface area (Å²) in [7, 11) is 0. The van der Waals surface area contributed by atoms with Gasteiger partial charge in [-0.25, -0.2) is 0 Å². The van der Waals surface area contributed by atoms with Crippen LogP contribution >= 0.6 is 0 Å². The Hall–Kier alpha value is -0.0800. The van der Waals surface area contributed by atoms with Gasteiger partial charge in [0.05, 0.1) is 6.10 Å². The molecule has 0 spiro atoms. The third-order valence-electron chi connectivity index (χ3n) is 5.71. The summed E-state index contributed by atoms with van der Waals surface area (Å²) in [5, 5.41) is 19.8. The summed E-state index contributed by atoms with van der Waals surface area (Å²) in [6.07, 6.45) is 5.40. The van der Waals surface area contributed by atoms with Crippen LogP contribution in [0.25, 0.3) is 0 Å². The van der Waals surface area contributed by atoms with Crippen molar-refractivity contribution in [3.8, 4) is 0 Å². The van der Waals surface area contributed by atoms with E-state index < -0.39 is 0 Å². The van der Waals surface area contributed by atoms with Crippen molar-refractivity contribution in [2.45, 2.75) is 59.0 Å². The predicted octanol–water partition coefficient (Wildman–Crippen LogP) is 2.58. The summed E-state index contributed by atoms with van der Waals surface area (Å²) in [4.78, 5) is 0. The van der Waals surface area contributed by atoms with Gasteiger partial charge >= 0.3 is 0 Å². The van der Waals surface area contributed by atoms with Crippen LogP contribution in [0.1, 0.15) is 52.9 Å². The summed E-state index contributed by atoms with van der Waals surface area (Å²) < 4.78 is 0. The van der Waals surface area contributed by atoms with Gasteiger partial charge < -0.3 is 10.2 Å². The maximum atomic E-state index is 10.2. The highest BCUT2D eigenvalue weighted by atomic mass is 16.3. The van der Waals surface area contributed by atoms with E-state index in [9.17, 15) is 10.2 Å². The molecule has 0 saturated heterocycles. The Balaban J connectivity index is 2.30. The second-order valence-corrected chi connectivity index (χ2v) is 6.74. The van der Waals surface area contributed by atoms with Crippen molar-refractivity contribution in [2.75, 3.05) is 6.61 Å². The van der Waals surface area contributed by atoms with Crippen molar-refractivity contribution < 1.29 is 10.2 Å². The molecule has 2 heteroatoms. The minimum Gasteiger partial charge on any atom is -0.396 e. The van der Waals surface area contributed by atoms with Gasteiger partial charge in [0.1, 0.15) is 0 Å². The first-order valence-electron chi connectivity index (χ1n) is 6.72. The van der Waals surface area contributed by atoms with Gasteiger partial charge in [-0.3, -0.25) is 0 Å². The van der Waals surface area contributed by atoms with Crippen LogP contribution in [0.15, 0.2) is 0 Å². The second kappa shape index (κ2) is 3.99. The molecule has 2 nitrogen and oxygen atoms in total. The van der Waals surface area contributed by atoms with Crippen molar-refractivity contribution in [3.05, 3.63) is 0 Å². The van der Waals surface area contributed by atoms with Crippen molar-refractivity contribution in [3.63, 3.8) is 0 Å². The van der Waals surface area contributed by atoms with Gasteiger partial charge in [-0.05, 0) is 48.3 Å². The Morgan fingerprint density at radius 1 is 1.12 bits per heavy atom. The van der Waals surface area contributed by atoms with Gasteiger partial charge in [0.2, 0.25) is 0 Å². The van der Waals surface area contributed by atoms with Gasteiger partial charge in [-0.15, -0.1) is 0 Å². The molecule has 0 amide bonds. The van der Waals surface area contributed by atoms with Crippen LogP contribution < -0.4 is 0 Å². The summed E-state index contributed by atoms with van der Waals surface area (Å²) in [6, 6.07) is 0. The Kier molecular flexibility index (Phi) is 3.09. The first-order valence-corrected chi connectivity index (χ1v) is 6.72. The zero-order valence-corrected chi connectivity index (χ0v) is 10.9. The number of hydrogen-bond acceptors (Lipinski definition) is 2. The minimum atomic E-state index is -0.164. The van der Waals surface area contributed by atoms with E-state index in [4.69, 9.17) is 0 Å². The van der Waals surface area contributed by atoms with Crippen LogP contribution in [0.4, 0.5) is 0 Å². The van der Waals surface area contributed by atoms with E-state index in [0.29, 0.717) is 18.4 Å². The van der Waals surface area contributed by atoms with E-state index in [1.165, 1.54) is 12.8 Å². The second-order valence-electron chi connectivity index (χ2n) is 6.74. The maximum absolute atomic E-state index is 10.2. The molecule has 94 valence electrons. The van der Waals surface area contributed by atoms with E-state index in [0.717, 1.165) is 19.3 Å². The Bertz CT molecular complexity index is 261. The predicted molar refractivity (Wildman–Crippen MR) is 65.0 cm³/mol. The summed E-state index contributed by atoms with van der Waals surface area (Å²) in [6.45, 7) is 7.07. The molecule has 4 atom stereocenters. The normalized spacial score (nSPS) is 47.4. The van der Waals surface area contributed by atoms with Gasteiger partial charge in [0.15, 0.2) is 0 Å². The topological polar surface area (TPSA) is 40.5 Å². The number of hydrogen-bond donors (Lipinski definition) is 2. The molecular formula is C14H26O2. The third-order valence-corrected chi connectivity index (χ3v) is 5.71.